The van der Waals surface area contributed by atoms with Gasteiger partial charge < -0.3 is 0 Å². The predicted molar refractivity (Wildman–Crippen MR) is 101 cm³/mol. The van der Waals surface area contributed by atoms with Crippen molar-refractivity contribution in [3.8, 4) is 11.3 Å². The highest BCUT2D eigenvalue weighted by Crippen LogP contribution is 2.26. The fourth-order valence-electron chi connectivity index (χ4n) is 2.11. The van der Waals surface area contributed by atoms with Crippen LogP contribution in [0.15, 0.2) is 53.0 Å². The van der Waals surface area contributed by atoms with Crippen molar-refractivity contribution < 1.29 is 13.2 Å². The van der Waals surface area contributed by atoms with Crippen molar-refractivity contribution in [3.05, 3.63) is 58.7 Å². The number of benzene rings is 1. The summed E-state index contributed by atoms with van der Waals surface area (Å²) < 4.78 is 26.0. The Kier molecular flexibility index (Phi) is 5.33. The molecule has 3 aromatic rings. The van der Waals surface area contributed by atoms with Crippen molar-refractivity contribution in [2.24, 2.45) is 0 Å². The Morgan fingerprint density at radius 1 is 1.27 bits per heavy atom. The number of pyridine rings is 1. The second kappa shape index (κ2) is 7.50. The number of carbonyl (C=O) groups excluding carboxylic acids is 1. The van der Waals surface area contributed by atoms with E-state index in [4.69, 9.17) is 11.6 Å². The fourth-order valence-corrected chi connectivity index (χ4v) is 3.78. The number of amides is 1. The van der Waals surface area contributed by atoms with Crippen molar-refractivity contribution in [2.45, 2.75) is 4.90 Å². The smallest absolute Gasteiger partial charge is 0.259 e. The quantitative estimate of drug-likeness (QED) is 0.675. The van der Waals surface area contributed by atoms with Crippen LogP contribution in [0.25, 0.3) is 11.3 Å². The third kappa shape index (κ3) is 3.91. The summed E-state index contributed by atoms with van der Waals surface area (Å²) in [5.41, 5.74) is 1.54. The van der Waals surface area contributed by atoms with Crippen LogP contribution < -0.4 is 10.0 Å². The second-order valence-electron chi connectivity index (χ2n) is 5.08. The van der Waals surface area contributed by atoms with Gasteiger partial charge in [0, 0.05) is 23.3 Å². The summed E-state index contributed by atoms with van der Waals surface area (Å²) in [7, 11) is -2.39. The molecule has 0 fully saturated rings. The SMILES string of the molecule is CNS(=O)(=O)c1ccc(Cl)c(C(=O)Nc2nc(-c3cccnc3)cs2)c1. The molecule has 2 aromatic heterocycles. The lowest BCUT2D eigenvalue weighted by Crippen LogP contribution is -2.20. The van der Waals surface area contributed by atoms with E-state index in [0.717, 1.165) is 5.56 Å². The number of anilines is 1. The molecule has 10 heteroatoms. The van der Waals surface area contributed by atoms with Gasteiger partial charge in [-0.15, -0.1) is 11.3 Å². The maximum atomic E-state index is 12.5. The summed E-state index contributed by atoms with van der Waals surface area (Å²) in [5.74, 6) is -0.546. The van der Waals surface area contributed by atoms with Gasteiger partial charge in [0.05, 0.1) is 21.2 Å². The average molecular weight is 409 g/mol. The molecule has 2 N–H and O–H groups in total. The molecular weight excluding hydrogens is 396 g/mol. The van der Waals surface area contributed by atoms with Gasteiger partial charge in [-0.2, -0.15) is 0 Å². The molecule has 26 heavy (non-hydrogen) atoms. The predicted octanol–water partition coefficient (Wildman–Crippen LogP) is 3.02. The topological polar surface area (TPSA) is 101 Å². The van der Waals surface area contributed by atoms with E-state index < -0.39 is 15.9 Å². The minimum Gasteiger partial charge on any atom is -0.298 e. The first-order valence-corrected chi connectivity index (χ1v) is 10.0. The zero-order chi connectivity index (χ0) is 18.7. The third-order valence-corrected chi connectivity index (χ3v) is 5.94. The lowest BCUT2D eigenvalue weighted by Gasteiger charge is -2.07. The van der Waals surface area contributed by atoms with Crippen LogP contribution in [0, 0.1) is 0 Å². The van der Waals surface area contributed by atoms with Crippen LogP contribution in [0.2, 0.25) is 5.02 Å². The Labute approximate surface area is 159 Å². The van der Waals surface area contributed by atoms with E-state index in [-0.39, 0.29) is 15.5 Å². The van der Waals surface area contributed by atoms with Crippen LogP contribution in [-0.4, -0.2) is 31.3 Å². The van der Waals surface area contributed by atoms with Crippen molar-refractivity contribution in [1.29, 1.82) is 0 Å². The highest BCUT2D eigenvalue weighted by molar-refractivity contribution is 7.89. The summed E-state index contributed by atoms with van der Waals surface area (Å²) >= 11 is 7.29. The molecule has 0 atom stereocenters. The average Bonchev–Trinajstić information content (AvgIpc) is 3.11. The Hall–Kier alpha value is -2.33. The van der Waals surface area contributed by atoms with Crippen molar-refractivity contribution in [3.63, 3.8) is 0 Å². The number of nitrogens with one attached hydrogen (secondary N) is 2. The number of aromatic nitrogens is 2. The van der Waals surface area contributed by atoms with Gasteiger partial charge in [0.15, 0.2) is 5.13 Å². The van der Waals surface area contributed by atoms with Crippen LogP contribution in [-0.2, 0) is 10.0 Å². The van der Waals surface area contributed by atoms with Crippen molar-refractivity contribution in [1.82, 2.24) is 14.7 Å². The highest BCUT2D eigenvalue weighted by atomic mass is 35.5. The molecule has 1 amide bonds. The van der Waals surface area contributed by atoms with E-state index in [1.165, 1.54) is 36.6 Å². The van der Waals surface area contributed by atoms with E-state index in [9.17, 15) is 13.2 Å². The molecule has 2 heterocycles. The summed E-state index contributed by atoms with van der Waals surface area (Å²) in [6.07, 6.45) is 3.33. The van der Waals surface area contributed by atoms with Gasteiger partial charge in [-0.05, 0) is 37.4 Å². The van der Waals surface area contributed by atoms with Gasteiger partial charge in [-0.1, -0.05) is 11.6 Å². The third-order valence-electron chi connectivity index (χ3n) is 3.44. The van der Waals surface area contributed by atoms with Crippen LogP contribution >= 0.6 is 22.9 Å². The maximum Gasteiger partial charge on any atom is 0.259 e. The molecule has 0 aliphatic rings. The number of carbonyl (C=O) groups is 1. The van der Waals surface area contributed by atoms with Crippen LogP contribution in [0.5, 0.6) is 0 Å². The minimum absolute atomic E-state index is 0.0427. The molecule has 0 spiro atoms. The zero-order valence-corrected chi connectivity index (χ0v) is 15.8. The van der Waals surface area contributed by atoms with E-state index in [1.807, 2.05) is 6.07 Å². The van der Waals surface area contributed by atoms with E-state index in [1.54, 1.807) is 23.8 Å². The van der Waals surface area contributed by atoms with E-state index in [0.29, 0.717) is 10.8 Å². The molecule has 0 bridgehead atoms. The Balaban J connectivity index is 1.85. The van der Waals surface area contributed by atoms with Crippen LogP contribution in [0.3, 0.4) is 0 Å². The van der Waals surface area contributed by atoms with Gasteiger partial charge in [0.1, 0.15) is 0 Å². The molecule has 134 valence electrons. The van der Waals surface area contributed by atoms with Gasteiger partial charge >= 0.3 is 0 Å². The summed E-state index contributed by atoms with van der Waals surface area (Å²) in [6, 6.07) is 7.56. The molecule has 1 aromatic carbocycles. The van der Waals surface area contributed by atoms with Crippen molar-refractivity contribution in [2.75, 3.05) is 12.4 Å². The maximum absolute atomic E-state index is 12.5. The van der Waals surface area contributed by atoms with Crippen LogP contribution in [0.4, 0.5) is 5.13 Å². The number of halogens is 1. The molecule has 0 saturated heterocycles. The summed E-state index contributed by atoms with van der Waals surface area (Å²) in [5, 5.41) is 4.93. The number of nitrogens with zero attached hydrogens (tertiary/aromatic N) is 2. The molecular formula is C16H13ClN4O3S2. The standard InChI is InChI=1S/C16H13ClN4O3S2/c1-18-26(23,24)11-4-5-13(17)12(7-11)15(22)21-16-20-14(9-25-16)10-3-2-6-19-8-10/h2-9,18H,1H3,(H,20,21,22). The highest BCUT2D eigenvalue weighted by Gasteiger charge is 2.18. The van der Waals surface area contributed by atoms with E-state index in [2.05, 4.69) is 20.0 Å². The molecule has 7 nitrogen and oxygen atoms in total. The largest absolute Gasteiger partial charge is 0.298 e. The summed E-state index contributed by atoms with van der Waals surface area (Å²) in [6.45, 7) is 0. The van der Waals surface area contributed by atoms with Crippen LogP contribution in [0.1, 0.15) is 10.4 Å². The second-order valence-corrected chi connectivity index (χ2v) is 8.23. The first-order valence-electron chi connectivity index (χ1n) is 7.31. The number of thiazole rings is 1. The van der Waals surface area contributed by atoms with Gasteiger partial charge in [0.25, 0.3) is 5.91 Å². The zero-order valence-electron chi connectivity index (χ0n) is 13.4. The first kappa shape index (κ1) is 18.5. The van der Waals surface area contributed by atoms with Gasteiger partial charge in [-0.25, -0.2) is 18.1 Å². The van der Waals surface area contributed by atoms with E-state index >= 15 is 0 Å². The van der Waals surface area contributed by atoms with Gasteiger partial charge in [0.2, 0.25) is 10.0 Å². The Morgan fingerprint density at radius 2 is 2.08 bits per heavy atom. The fraction of sp³-hybridized carbons (Fsp3) is 0.0625. The molecule has 0 saturated carbocycles. The monoisotopic (exact) mass is 408 g/mol. The number of sulfonamides is 1. The molecule has 3 rings (SSSR count). The normalized spacial score (nSPS) is 11.3. The lowest BCUT2D eigenvalue weighted by atomic mass is 10.2. The number of rotatable bonds is 5. The molecule has 0 aliphatic heterocycles. The number of hydrogen-bond acceptors (Lipinski definition) is 6. The first-order chi connectivity index (χ1) is 12.4. The molecule has 0 radical (unpaired) electrons. The lowest BCUT2D eigenvalue weighted by molar-refractivity contribution is 0.102. The Morgan fingerprint density at radius 3 is 2.77 bits per heavy atom. The minimum atomic E-state index is -3.68. The van der Waals surface area contributed by atoms with Crippen molar-refractivity contribution >= 4 is 44.0 Å². The molecule has 0 unspecified atom stereocenters. The number of hydrogen-bond donors (Lipinski definition) is 2. The Bertz CT molecular complexity index is 1050. The van der Waals surface area contributed by atoms with Gasteiger partial charge in [-0.3, -0.25) is 15.1 Å². The molecule has 0 aliphatic carbocycles. The summed E-state index contributed by atoms with van der Waals surface area (Å²) in [4.78, 5) is 20.8.